The van der Waals surface area contributed by atoms with Gasteiger partial charge in [0.2, 0.25) is 5.91 Å². The quantitative estimate of drug-likeness (QED) is 0.805. The van der Waals surface area contributed by atoms with Crippen LogP contribution in [0.3, 0.4) is 0 Å². The third-order valence-electron chi connectivity index (χ3n) is 4.89. The van der Waals surface area contributed by atoms with Gasteiger partial charge < -0.3 is 10.4 Å². The van der Waals surface area contributed by atoms with E-state index < -0.39 is 22.0 Å². The lowest BCUT2D eigenvalue weighted by molar-refractivity contribution is -0.123. The van der Waals surface area contributed by atoms with Gasteiger partial charge in [-0.15, -0.1) is 0 Å². The van der Waals surface area contributed by atoms with E-state index in [1.807, 2.05) is 6.07 Å². The minimum absolute atomic E-state index is 0.171. The first-order valence-electron chi connectivity index (χ1n) is 8.38. The number of hydrogen-bond donors (Lipinski definition) is 2. The van der Waals surface area contributed by atoms with Gasteiger partial charge in [0, 0.05) is 0 Å². The molecule has 7 heteroatoms. The van der Waals surface area contributed by atoms with Crippen molar-refractivity contribution in [1.29, 1.82) is 0 Å². The van der Waals surface area contributed by atoms with Gasteiger partial charge in [0.15, 0.2) is 9.84 Å². The van der Waals surface area contributed by atoms with Crippen LogP contribution < -0.4 is 5.32 Å². The van der Waals surface area contributed by atoms with Gasteiger partial charge in [0.1, 0.15) is 0 Å². The lowest BCUT2D eigenvalue weighted by Crippen LogP contribution is -2.48. The number of hydrogen-bond acceptors (Lipinski definition) is 5. The van der Waals surface area contributed by atoms with Crippen molar-refractivity contribution in [1.82, 2.24) is 10.2 Å². The van der Waals surface area contributed by atoms with Gasteiger partial charge in [-0.05, 0) is 37.4 Å². The number of benzene rings is 1. The molecule has 2 saturated heterocycles. The van der Waals surface area contributed by atoms with Crippen LogP contribution in [0.15, 0.2) is 30.3 Å². The van der Waals surface area contributed by atoms with Gasteiger partial charge in [0.05, 0.1) is 30.2 Å². The molecule has 0 aromatic heterocycles. The molecule has 3 rings (SSSR count). The molecule has 1 aromatic rings. The lowest BCUT2D eigenvalue weighted by atomic mass is 9.89. The molecule has 132 valence electrons. The molecule has 2 heterocycles. The van der Waals surface area contributed by atoms with E-state index in [0.717, 1.165) is 25.9 Å². The predicted octanol–water partition coefficient (Wildman–Crippen LogP) is 0.140. The number of rotatable bonds is 4. The first-order chi connectivity index (χ1) is 11.4. The third-order valence-corrected chi connectivity index (χ3v) is 6.61. The summed E-state index contributed by atoms with van der Waals surface area (Å²) in [5.41, 5.74) is 1.35. The molecule has 2 aliphatic rings. The predicted molar refractivity (Wildman–Crippen MR) is 91.4 cm³/mol. The number of nitrogens with one attached hydrogen (secondary N) is 1. The Balaban J connectivity index is 1.45. The fraction of sp³-hybridized carbons (Fsp3) is 0.588. The molecule has 2 fully saturated rings. The Morgan fingerprint density at radius 1 is 1.17 bits per heavy atom. The smallest absolute Gasteiger partial charge is 0.234 e. The van der Waals surface area contributed by atoms with E-state index in [9.17, 15) is 18.3 Å². The number of likely N-dealkylation sites (tertiary alicyclic amines) is 1. The number of aliphatic hydroxyl groups is 1. The number of amides is 1. The van der Waals surface area contributed by atoms with E-state index in [4.69, 9.17) is 0 Å². The van der Waals surface area contributed by atoms with Gasteiger partial charge in [-0.25, -0.2) is 8.42 Å². The Hall–Kier alpha value is -1.44. The molecule has 0 saturated carbocycles. The maximum atomic E-state index is 12.1. The molecule has 6 nitrogen and oxygen atoms in total. The molecule has 2 N–H and O–H groups in total. The average Bonchev–Trinajstić information content (AvgIpc) is 2.80. The van der Waals surface area contributed by atoms with Gasteiger partial charge in [0.25, 0.3) is 0 Å². The summed E-state index contributed by atoms with van der Waals surface area (Å²) >= 11 is 0. The Bertz CT molecular complexity index is 669. The van der Waals surface area contributed by atoms with Gasteiger partial charge >= 0.3 is 0 Å². The van der Waals surface area contributed by atoms with Crippen molar-refractivity contribution in [3.8, 4) is 0 Å². The number of carbonyl (C=O) groups excluding carboxylic acids is 1. The zero-order valence-corrected chi connectivity index (χ0v) is 14.4. The number of aliphatic hydroxyl groups excluding tert-OH is 1. The summed E-state index contributed by atoms with van der Waals surface area (Å²) in [4.78, 5) is 14.2. The highest BCUT2D eigenvalue weighted by Crippen LogP contribution is 2.27. The van der Waals surface area contributed by atoms with Crippen molar-refractivity contribution < 1.29 is 18.3 Å². The van der Waals surface area contributed by atoms with Crippen LogP contribution in [0.5, 0.6) is 0 Å². The molecular weight excluding hydrogens is 328 g/mol. The monoisotopic (exact) mass is 352 g/mol. The second-order valence-electron chi connectivity index (χ2n) is 6.78. The zero-order valence-electron chi connectivity index (χ0n) is 13.6. The van der Waals surface area contributed by atoms with Crippen LogP contribution in [-0.2, 0) is 14.6 Å². The van der Waals surface area contributed by atoms with Crippen molar-refractivity contribution in [2.75, 3.05) is 31.1 Å². The summed E-state index contributed by atoms with van der Waals surface area (Å²) in [6.07, 6.45) is 1.03. The molecule has 1 aromatic carbocycles. The first kappa shape index (κ1) is 17.4. The number of carbonyl (C=O) groups is 1. The summed E-state index contributed by atoms with van der Waals surface area (Å²) in [5.74, 6) is -0.113. The molecule has 0 aliphatic carbocycles. The standard InChI is InChI=1S/C17H24N2O4S/c20-16-12-24(22,23)11-15(16)18-17(21)10-19-8-6-14(7-9-19)13-4-2-1-3-5-13/h1-5,14-16,20H,6-12H2,(H,18,21)/t15-,16-/m1/s1. The maximum Gasteiger partial charge on any atom is 0.234 e. The molecule has 0 unspecified atom stereocenters. The molecular formula is C17H24N2O4S. The summed E-state index contributed by atoms with van der Waals surface area (Å²) in [6.45, 7) is 1.95. The molecule has 2 atom stereocenters. The van der Waals surface area contributed by atoms with E-state index >= 15 is 0 Å². The highest BCUT2D eigenvalue weighted by atomic mass is 32.2. The zero-order chi connectivity index (χ0) is 17.2. The Morgan fingerprint density at radius 3 is 2.42 bits per heavy atom. The molecule has 2 aliphatic heterocycles. The lowest BCUT2D eigenvalue weighted by Gasteiger charge is -2.32. The van der Waals surface area contributed by atoms with E-state index in [1.54, 1.807) is 0 Å². The van der Waals surface area contributed by atoms with Crippen molar-refractivity contribution in [3.63, 3.8) is 0 Å². The summed E-state index contributed by atoms with van der Waals surface area (Å²) in [7, 11) is -3.24. The second-order valence-corrected chi connectivity index (χ2v) is 8.93. The van der Waals surface area contributed by atoms with E-state index in [2.05, 4.69) is 34.5 Å². The van der Waals surface area contributed by atoms with Crippen molar-refractivity contribution >= 4 is 15.7 Å². The van der Waals surface area contributed by atoms with Crippen LogP contribution in [-0.4, -0.2) is 67.6 Å². The number of nitrogens with zero attached hydrogens (tertiary/aromatic N) is 1. The van der Waals surface area contributed by atoms with Crippen LogP contribution >= 0.6 is 0 Å². The fourth-order valence-electron chi connectivity index (χ4n) is 3.57. The summed E-state index contributed by atoms with van der Waals surface area (Å²) in [5, 5.41) is 12.4. The highest BCUT2D eigenvalue weighted by Gasteiger charge is 2.37. The maximum absolute atomic E-state index is 12.1. The Kier molecular flexibility index (Phi) is 5.22. The van der Waals surface area contributed by atoms with Crippen LogP contribution in [0.4, 0.5) is 0 Å². The normalized spacial score (nSPS) is 27.9. The first-order valence-corrected chi connectivity index (χ1v) is 10.2. The summed E-state index contributed by atoms with van der Waals surface area (Å²) < 4.78 is 22.9. The van der Waals surface area contributed by atoms with Crippen molar-refractivity contribution in [2.45, 2.75) is 30.9 Å². The van der Waals surface area contributed by atoms with Crippen LogP contribution in [0.1, 0.15) is 24.3 Å². The topological polar surface area (TPSA) is 86.7 Å². The Labute approximate surface area is 142 Å². The minimum Gasteiger partial charge on any atom is -0.390 e. The van der Waals surface area contributed by atoms with E-state index in [1.165, 1.54) is 5.56 Å². The molecule has 0 spiro atoms. The number of piperidine rings is 1. The van der Waals surface area contributed by atoms with Gasteiger partial charge in [-0.2, -0.15) is 0 Å². The molecule has 0 radical (unpaired) electrons. The van der Waals surface area contributed by atoms with Crippen LogP contribution in [0.25, 0.3) is 0 Å². The average molecular weight is 352 g/mol. The number of sulfone groups is 1. The van der Waals surface area contributed by atoms with Crippen molar-refractivity contribution in [2.24, 2.45) is 0 Å². The molecule has 24 heavy (non-hydrogen) atoms. The van der Waals surface area contributed by atoms with E-state index in [-0.39, 0.29) is 24.0 Å². The SMILES string of the molecule is O=C(CN1CCC(c2ccccc2)CC1)N[C@@H]1CS(=O)(=O)C[C@H]1O. The van der Waals surface area contributed by atoms with Crippen LogP contribution in [0.2, 0.25) is 0 Å². The third kappa shape index (κ3) is 4.34. The van der Waals surface area contributed by atoms with Crippen LogP contribution in [0, 0.1) is 0 Å². The largest absolute Gasteiger partial charge is 0.390 e. The van der Waals surface area contributed by atoms with Crippen molar-refractivity contribution in [3.05, 3.63) is 35.9 Å². The second kappa shape index (κ2) is 7.21. The molecule has 1 amide bonds. The van der Waals surface area contributed by atoms with Gasteiger partial charge in [-0.1, -0.05) is 30.3 Å². The summed E-state index contributed by atoms with van der Waals surface area (Å²) in [6, 6.07) is 9.74. The minimum atomic E-state index is -3.24. The fourth-order valence-corrected chi connectivity index (χ4v) is 5.31. The van der Waals surface area contributed by atoms with E-state index in [0.29, 0.717) is 5.92 Å². The molecule has 0 bridgehead atoms. The Morgan fingerprint density at radius 2 is 1.83 bits per heavy atom. The van der Waals surface area contributed by atoms with Gasteiger partial charge in [-0.3, -0.25) is 9.69 Å². The highest BCUT2D eigenvalue weighted by molar-refractivity contribution is 7.91.